The van der Waals surface area contributed by atoms with E-state index in [2.05, 4.69) is 0 Å². The van der Waals surface area contributed by atoms with Crippen molar-refractivity contribution in [3.63, 3.8) is 0 Å². The molecular weight excluding hydrogens is 345 g/mol. The minimum Gasteiger partial charge on any atom is -0.395 e. The first kappa shape index (κ1) is 16.3. The molecule has 1 aliphatic rings. The van der Waals surface area contributed by atoms with Crippen LogP contribution in [0.2, 0.25) is 15.1 Å². The van der Waals surface area contributed by atoms with Crippen LogP contribution in [0.1, 0.15) is 19.3 Å². The minimum atomic E-state index is -3.85. The standard InChI is InChI=1S/C12H14Cl3NO3S/c13-8-5-10(14)12(11(15)6-8)20(18,19)16-4-2-1-3-9(16)7-17/h5-6,9,17H,1-4,7H2. The molecule has 2 rings (SSSR count). The van der Waals surface area contributed by atoms with Gasteiger partial charge < -0.3 is 5.11 Å². The molecule has 112 valence electrons. The lowest BCUT2D eigenvalue weighted by Crippen LogP contribution is -2.45. The molecule has 0 bridgehead atoms. The van der Waals surface area contributed by atoms with E-state index >= 15 is 0 Å². The van der Waals surface area contributed by atoms with Crippen LogP contribution in [0, 0.1) is 0 Å². The molecule has 1 N–H and O–H groups in total. The van der Waals surface area contributed by atoms with Gasteiger partial charge in [0.05, 0.1) is 16.7 Å². The highest BCUT2D eigenvalue weighted by atomic mass is 35.5. The highest BCUT2D eigenvalue weighted by molar-refractivity contribution is 7.89. The number of rotatable bonds is 3. The summed E-state index contributed by atoms with van der Waals surface area (Å²) in [5.74, 6) is 0. The van der Waals surface area contributed by atoms with Crippen molar-refractivity contribution in [2.45, 2.75) is 30.2 Å². The van der Waals surface area contributed by atoms with Gasteiger partial charge >= 0.3 is 0 Å². The van der Waals surface area contributed by atoms with E-state index in [9.17, 15) is 13.5 Å². The largest absolute Gasteiger partial charge is 0.395 e. The molecule has 20 heavy (non-hydrogen) atoms. The summed E-state index contributed by atoms with van der Waals surface area (Å²) in [4.78, 5) is -0.148. The Bertz CT molecular complexity index is 583. The second-order valence-corrected chi connectivity index (χ2v) is 7.72. The SMILES string of the molecule is O=S(=O)(c1c(Cl)cc(Cl)cc1Cl)N1CCCCC1CO. The third kappa shape index (κ3) is 3.08. The lowest BCUT2D eigenvalue weighted by atomic mass is 10.1. The Balaban J connectivity index is 2.49. The fourth-order valence-corrected chi connectivity index (χ4v) is 5.55. The van der Waals surface area contributed by atoms with Gasteiger partial charge in [-0.2, -0.15) is 4.31 Å². The molecule has 1 saturated heterocycles. The van der Waals surface area contributed by atoms with E-state index in [-0.39, 0.29) is 26.6 Å². The molecule has 1 atom stereocenters. The Morgan fingerprint density at radius 1 is 1.20 bits per heavy atom. The summed E-state index contributed by atoms with van der Waals surface area (Å²) in [5.41, 5.74) is 0. The Kier molecular flexibility index (Phi) is 5.21. The van der Waals surface area contributed by atoms with Crippen molar-refractivity contribution in [2.24, 2.45) is 0 Å². The third-order valence-electron chi connectivity index (χ3n) is 3.31. The van der Waals surface area contributed by atoms with Crippen LogP contribution in [-0.2, 0) is 10.0 Å². The molecule has 0 saturated carbocycles. The predicted molar refractivity (Wildman–Crippen MR) is 80.1 cm³/mol. The number of halogens is 3. The van der Waals surface area contributed by atoms with Crippen molar-refractivity contribution in [2.75, 3.05) is 13.2 Å². The van der Waals surface area contributed by atoms with E-state index in [1.165, 1.54) is 16.4 Å². The van der Waals surface area contributed by atoms with E-state index in [0.29, 0.717) is 13.0 Å². The topological polar surface area (TPSA) is 57.6 Å². The average Bonchev–Trinajstić information content (AvgIpc) is 2.37. The molecule has 1 unspecified atom stereocenters. The molecule has 1 heterocycles. The number of hydrogen-bond donors (Lipinski definition) is 1. The van der Waals surface area contributed by atoms with Crippen molar-refractivity contribution >= 4 is 44.8 Å². The van der Waals surface area contributed by atoms with Crippen molar-refractivity contribution in [1.82, 2.24) is 4.31 Å². The van der Waals surface area contributed by atoms with E-state index in [0.717, 1.165) is 12.8 Å². The van der Waals surface area contributed by atoms with Crippen LogP contribution in [0.3, 0.4) is 0 Å². The van der Waals surface area contributed by atoms with Gasteiger partial charge in [-0.3, -0.25) is 0 Å². The Labute approximate surface area is 133 Å². The minimum absolute atomic E-state index is 0.00948. The van der Waals surface area contributed by atoms with E-state index in [1.807, 2.05) is 0 Å². The zero-order chi connectivity index (χ0) is 14.9. The smallest absolute Gasteiger partial charge is 0.246 e. The highest BCUT2D eigenvalue weighted by Gasteiger charge is 2.35. The summed E-state index contributed by atoms with van der Waals surface area (Å²) in [6.07, 6.45) is 2.26. The first-order valence-corrected chi connectivity index (χ1v) is 8.72. The van der Waals surface area contributed by atoms with Crippen LogP contribution in [-0.4, -0.2) is 37.0 Å². The maximum atomic E-state index is 12.7. The number of hydrogen-bond acceptors (Lipinski definition) is 3. The first-order valence-electron chi connectivity index (χ1n) is 6.15. The lowest BCUT2D eigenvalue weighted by molar-refractivity contribution is 0.155. The summed E-state index contributed by atoms with van der Waals surface area (Å²) in [5, 5.41) is 9.62. The van der Waals surface area contributed by atoms with Crippen molar-refractivity contribution in [3.8, 4) is 0 Å². The Hall–Kier alpha value is -0.0400. The number of aliphatic hydroxyl groups excluding tert-OH is 1. The van der Waals surface area contributed by atoms with E-state index in [4.69, 9.17) is 34.8 Å². The van der Waals surface area contributed by atoms with Crippen LogP contribution in [0.25, 0.3) is 0 Å². The molecule has 0 aliphatic carbocycles. The quantitative estimate of drug-likeness (QED) is 0.903. The van der Waals surface area contributed by atoms with Gasteiger partial charge in [0.2, 0.25) is 10.0 Å². The van der Waals surface area contributed by atoms with Gasteiger partial charge in [-0.05, 0) is 25.0 Å². The van der Waals surface area contributed by atoms with Crippen molar-refractivity contribution in [1.29, 1.82) is 0 Å². The van der Waals surface area contributed by atoms with Crippen LogP contribution >= 0.6 is 34.8 Å². The molecule has 1 aliphatic heterocycles. The number of piperidine rings is 1. The zero-order valence-corrected chi connectivity index (χ0v) is 13.6. The molecule has 0 aromatic heterocycles. The van der Waals surface area contributed by atoms with Crippen LogP contribution in [0.15, 0.2) is 17.0 Å². The molecule has 1 aromatic carbocycles. The number of benzene rings is 1. The summed E-state index contributed by atoms with van der Waals surface area (Å²) < 4.78 is 26.7. The number of sulfonamides is 1. The number of aliphatic hydroxyl groups is 1. The molecule has 0 radical (unpaired) electrons. The summed E-state index contributed by atoms with van der Waals surface area (Å²) in [6, 6.07) is 2.26. The van der Waals surface area contributed by atoms with Gasteiger partial charge in [0, 0.05) is 17.6 Å². The molecule has 0 spiro atoms. The molecule has 1 fully saturated rings. The number of nitrogens with zero attached hydrogens (tertiary/aromatic N) is 1. The Morgan fingerprint density at radius 2 is 1.80 bits per heavy atom. The van der Waals surface area contributed by atoms with Crippen LogP contribution < -0.4 is 0 Å². The fraction of sp³-hybridized carbons (Fsp3) is 0.500. The Morgan fingerprint density at radius 3 is 2.35 bits per heavy atom. The van der Waals surface area contributed by atoms with Gasteiger partial charge in [0.25, 0.3) is 0 Å². The first-order chi connectivity index (χ1) is 9.37. The van der Waals surface area contributed by atoms with Gasteiger partial charge in [-0.15, -0.1) is 0 Å². The van der Waals surface area contributed by atoms with Crippen LogP contribution in [0.5, 0.6) is 0 Å². The molecule has 8 heteroatoms. The van der Waals surface area contributed by atoms with Crippen molar-refractivity contribution < 1.29 is 13.5 Å². The fourth-order valence-electron chi connectivity index (χ4n) is 2.37. The normalized spacial score (nSPS) is 21.1. The second-order valence-electron chi connectivity index (χ2n) is 4.65. The molecule has 4 nitrogen and oxygen atoms in total. The second kappa shape index (κ2) is 6.38. The molecule has 0 amide bonds. The summed E-state index contributed by atoms with van der Waals surface area (Å²) >= 11 is 17.8. The van der Waals surface area contributed by atoms with Crippen LogP contribution in [0.4, 0.5) is 0 Å². The molecular formula is C12H14Cl3NO3S. The average molecular weight is 359 g/mol. The maximum Gasteiger partial charge on any atom is 0.246 e. The van der Waals surface area contributed by atoms with Gasteiger partial charge in [-0.25, -0.2) is 8.42 Å². The monoisotopic (exact) mass is 357 g/mol. The summed E-state index contributed by atoms with van der Waals surface area (Å²) in [6.45, 7) is 0.130. The summed E-state index contributed by atoms with van der Waals surface area (Å²) in [7, 11) is -3.85. The van der Waals surface area contributed by atoms with Gasteiger partial charge in [-0.1, -0.05) is 41.2 Å². The zero-order valence-electron chi connectivity index (χ0n) is 10.5. The van der Waals surface area contributed by atoms with Crippen molar-refractivity contribution in [3.05, 3.63) is 27.2 Å². The van der Waals surface area contributed by atoms with E-state index < -0.39 is 16.1 Å². The van der Waals surface area contributed by atoms with Gasteiger partial charge in [0.15, 0.2) is 0 Å². The predicted octanol–water partition coefficient (Wildman–Crippen LogP) is 3.18. The molecule has 1 aromatic rings. The van der Waals surface area contributed by atoms with E-state index in [1.54, 1.807) is 0 Å². The highest BCUT2D eigenvalue weighted by Crippen LogP contribution is 2.36. The maximum absolute atomic E-state index is 12.7. The van der Waals surface area contributed by atoms with Gasteiger partial charge in [0.1, 0.15) is 4.90 Å². The third-order valence-corrected chi connectivity index (χ3v) is 6.41. The lowest BCUT2D eigenvalue weighted by Gasteiger charge is -2.33.